The van der Waals surface area contributed by atoms with Gasteiger partial charge in [0.2, 0.25) is 5.78 Å². The van der Waals surface area contributed by atoms with Crippen molar-refractivity contribution in [3.63, 3.8) is 0 Å². The van der Waals surface area contributed by atoms with E-state index in [1.54, 1.807) is 18.3 Å². The summed E-state index contributed by atoms with van der Waals surface area (Å²) in [6.45, 7) is 1.51. The Balaban J connectivity index is 1.69. The van der Waals surface area contributed by atoms with Crippen molar-refractivity contribution in [1.29, 1.82) is 0 Å². The Morgan fingerprint density at radius 3 is 3.00 bits per heavy atom. The number of rotatable bonds is 4. The van der Waals surface area contributed by atoms with Gasteiger partial charge in [0.25, 0.3) is 0 Å². The van der Waals surface area contributed by atoms with Crippen molar-refractivity contribution < 1.29 is 14.6 Å². The smallest absolute Gasteiger partial charge is 0.207 e. The standard InChI is InChI=1S/C16H17N3O3/c20-14-2-1-7-17-16(14)15(21)4-3-12-10-18-19(11-12)13-5-8-22-9-6-13/h1-4,7,10-11,13,20H,5-6,8-9H2/b4-3+. The average molecular weight is 299 g/mol. The van der Waals surface area contributed by atoms with Gasteiger partial charge in [-0.3, -0.25) is 9.48 Å². The van der Waals surface area contributed by atoms with Crippen molar-refractivity contribution in [2.24, 2.45) is 0 Å². The first-order valence-electron chi connectivity index (χ1n) is 7.22. The Labute approximate surface area is 128 Å². The first-order chi connectivity index (χ1) is 10.7. The Morgan fingerprint density at radius 2 is 2.23 bits per heavy atom. The second-order valence-electron chi connectivity index (χ2n) is 5.17. The molecular weight excluding hydrogens is 282 g/mol. The third-order valence-corrected chi connectivity index (χ3v) is 3.63. The molecule has 22 heavy (non-hydrogen) atoms. The van der Waals surface area contributed by atoms with Gasteiger partial charge in [0.05, 0.1) is 12.2 Å². The molecule has 0 unspecified atom stereocenters. The van der Waals surface area contributed by atoms with E-state index in [1.165, 1.54) is 18.3 Å². The van der Waals surface area contributed by atoms with E-state index in [2.05, 4.69) is 10.1 Å². The van der Waals surface area contributed by atoms with E-state index in [0.717, 1.165) is 31.6 Å². The van der Waals surface area contributed by atoms with Crippen LogP contribution in [-0.2, 0) is 4.74 Å². The maximum absolute atomic E-state index is 12.0. The summed E-state index contributed by atoms with van der Waals surface area (Å²) in [5, 5.41) is 13.9. The van der Waals surface area contributed by atoms with Crippen LogP contribution in [0.2, 0.25) is 0 Å². The van der Waals surface area contributed by atoms with Gasteiger partial charge in [-0.1, -0.05) is 0 Å². The molecule has 1 aliphatic rings. The topological polar surface area (TPSA) is 77.2 Å². The van der Waals surface area contributed by atoms with Crippen LogP contribution < -0.4 is 0 Å². The predicted octanol–water partition coefficient (Wildman–Crippen LogP) is 2.23. The van der Waals surface area contributed by atoms with Gasteiger partial charge >= 0.3 is 0 Å². The van der Waals surface area contributed by atoms with Gasteiger partial charge in [0.15, 0.2) is 5.69 Å². The SMILES string of the molecule is O=C(/C=C/c1cnn(C2CCOCC2)c1)c1ncccc1O. The molecular formula is C16H17N3O3. The lowest BCUT2D eigenvalue weighted by Gasteiger charge is -2.22. The summed E-state index contributed by atoms with van der Waals surface area (Å²) >= 11 is 0. The maximum atomic E-state index is 12.0. The molecule has 114 valence electrons. The van der Waals surface area contributed by atoms with E-state index in [0.29, 0.717) is 6.04 Å². The van der Waals surface area contributed by atoms with Gasteiger partial charge < -0.3 is 9.84 Å². The van der Waals surface area contributed by atoms with Gasteiger partial charge in [-0.25, -0.2) is 4.98 Å². The van der Waals surface area contributed by atoms with E-state index in [-0.39, 0.29) is 17.2 Å². The van der Waals surface area contributed by atoms with Crippen LogP contribution >= 0.6 is 0 Å². The summed E-state index contributed by atoms with van der Waals surface area (Å²) in [4.78, 5) is 15.9. The first-order valence-corrected chi connectivity index (χ1v) is 7.22. The highest BCUT2D eigenvalue weighted by molar-refractivity contribution is 6.07. The monoisotopic (exact) mass is 299 g/mol. The quantitative estimate of drug-likeness (QED) is 0.692. The van der Waals surface area contributed by atoms with Crippen molar-refractivity contribution in [1.82, 2.24) is 14.8 Å². The fraction of sp³-hybridized carbons (Fsp3) is 0.312. The molecule has 0 aliphatic carbocycles. The summed E-state index contributed by atoms with van der Waals surface area (Å²) < 4.78 is 7.26. The van der Waals surface area contributed by atoms with E-state index >= 15 is 0 Å². The van der Waals surface area contributed by atoms with Crippen LogP contribution in [0.15, 0.2) is 36.8 Å². The number of carbonyl (C=O) groups excluding carboxylic acids is 1. The number of hydrogen-bond donors (Lipinski definition) is 1. The van der Waals surface area contributed by atoms with Crippen LogP contribution in [0.25, 0.3) is 6.08 Å². The molecule has 0 saturated carbocycles. The number of ether oxygens (including phenoxy) is 1. The van der Waals surface area contributed by atoms with Crippen LogP contribution in [0.4, 0.5) is 0 Å². The molecule has 2 aromatic rings. The Morgan fingerprint density at radius 1 is 1.41 bits per heavy atom. The molecule has 0 spiro atoms. The van der Waals surface area contributed by atoms with Crippen LogP contribution in [0, 0.1) is 0 Å². The lowest BCUT2D eigenvalue weighted by molar-refractivity contribution is 0.0662. The Kier molecular flexibility index (Phi) is 4.29. The van der Waals surface area contributed by atoms with Crippen molar-refractivity contribution in [2.45, 2.75) is 18.9 Å². The highest BCUT2D eigenvalue weighted by atomic mass is 16.5. The minimum atomic E-state index is -0.336. The zero-order chi connectivity index (χ0) is 15.4. The number of pyridine rings is 1. The summed E-state index contributed by atoms with van der Waals surface area (Å²) in [5.74, 6) is -0.452. The van der Waals surface area contributed by atoms with Crippen LogP contribution in [-0.4, -0.2) is 38.9 Å². The Bertz CT molecular complexity index is 687. The normalized spacial score (nSPS) is 16.2. The van der Waals surface area contributed by atoms with Crippen molar-refractivity contribution >= 4 is 11.9 Å². The van der Waals surface area contributed by atoms with E-state index in [9.17, 15) is 9.90 Å². The van der Waals surface area contributed by atoms with Gasteiger partial charge in [0.1, 0.15) is 5.75 Å². The second-order valence-corrected chi connectivity index (χ2v) is 5.17. The number of carbonyl (C=O) groups is 1. The molecule has 2 aromatic heterocycles. The summed E-state index contributed by atoms with van der Waals surface area (Å²) in [7, 11) is 0. The van der Waals surface area contributed by atoms with Crippen molar-refractivity contribution in [2.75, 3.05) is 13.2 Å². The van der Waals surface area contributed by atoms with Crippen molar-refractivity contribution in [3.05, 3.63) is 48.1 Å². The Hall–Kier alpha value is -2.47. The van der Waals surface area contributed by atoms with Gasteiger partial charge in [-0.2, -0.15) is 5.10 Å². The summed E-state index contributed by atoms with van der Waals surface area (Å²) in [5.41, 5.74) is 0.894. The fourth-order valence-electron chi connectivity index (χ4n) is 2.43. The largest absolute Gasteiger partial charge is 0.506 e. The van der Waals surface area contributed by atoms with Crippen LogP contribution in [0.5, 0.6) is 5.75 Å². The molecule has 6 nitrogen and oxygen atoms in total. The van der Waals surface area contributed by atoms with E-state index < -0.39 is 0 Å². The molecule has 3 heterocycles. The fourth-order valence-corrected chi connectivity index (χ4v) is 2.43. The zero-order valence-corrected chi connectivity index (χ0v) is 12.1. The molecule has 0 radical (unpaired) electrons. The molecule has 1 fully saturated rings. The molecule has 0 bridgehead atoms. The van der Waals surface area contributed by atoms with E-state index in [4.69, 9.17) is 4.74 Å². The lowest BCUT2D eigenvalue weighted by atomic mass is 10.1. The number of aromatic nitrogens is 3. The minimum absolute atomic E-state index is 0.0515. The molecule has 1 N–H and O–H groups in total. The minimum Gasteiger partial charge on any atom is -0.506 e. The number of hydrogen-bond acceptors (Lipinski definition) is 5. The molecule has 0 amide bonds. The zero-order valence-electron chi connectivity index (χ0n) is 12.1. The second kappa shape index (κ2) is 6.53. The number of allylic oxidation sites excluding steroid dienone is 1. The van der Waals surface area contributed by atoms with Crippen LogP contribution in [0.1, 0.15) is 34.9 Å². The summed E-state index contributed by atoms with van der Waals surface area (Å²) in [6.07, 6.45) is 10.1. The highest BCUT2D eigenvalue weighted by Crippen LogP contribution is 2.20. The number of nitrogens with zero attached hydrogens (tertiary/aromatic N) is 3. The highest BCUT2D eigenvalue weighted by Gasteiger charge is 2.16. The molecule has 0 atom stereocenters. The third-order valence-electron chi connectivity index (χ3n) is 3.63. The average Bonchev–Trinajstić information content (AvgIpc) is 3.03. The molecule has 3 rings (SSSR count). The van der Waals surface area contributed by atoms with Crippen LogP contribution in [0.3, 0.4) is 0 Å². The molecule has 6 heteroatoms. The first kappa shape index (κ1) is 14.5. The molecule has 1 aliphatic heterocycles. The number of ketones is 1. The molecule has 0 aromatic carbocycles. The van der Waals surface area contributed by atoms with E-state index in [1.807, 2.05) is 10.9 Å². The third kappa shape index (κ3) is 3.23. The van der Waals surface area contributed by atoms with Crippen molar-refractivity contribution in [3.8, 4) is 5.75 Å². The maximum Gasteiger partial charge on any atom is 0.207 e. The molecule has 1 saturated heterocycles. The lowest BCUT2D eigenvalue weighted by Crippen LogP contribution is -2.19. The number of aromatic hydroxyl groups is 1. The van der Waals surface area contributed by atoms with Gasteiger partial charge in [-0.05, 0) is 37.1 Å². The van der Waals surface area contributed by atoms with Gasteiger partial charge in [0, 0.05) is 31.2 Å². The van der Waals surface area contributed by atoms with Gasteiger partial charge in [-0.15, -0.1) is 0 Å². The predicted molar refractivity (Wildman–Crippen MR) is 80.6 cm³/mol. The summed E-state index contributed by atoms with van der Waals surface area (Å²) in [6, 6.07) is 3.37.